The van der Waals surface area contributed by atoms with Gasteiger partial charge in [-0.3, -0.25) is 49.5 Å². The van der Waals surface area contributed by atoms with Crippen molar-refractivity contribution in [3.05, 3.63) is 126 Å². The first-order chi connectivity index (χ1) is 37.1. The van der Waals surface area contributed by atoms with Crippen LogP contribution in [0.25, 0.3) is 22.3 Å². The SMILES string of the molecule is CC(=O)C(C)=O.CC(=O)C(C)=O.Cc1nc2cc(N)cnc2nc1C.Cc1nc2ccc(N)nc2nc1C.Nc1ccc(N)c(N)n1.Nc1ccc([N+](=O)[O-])c(N)n1.Nc1cnc(N)c(N)c1.Nc1ncc([N+](=O)[O-])cc1[N+](=O)[O-]. The van der Waals surface area contributed by atoms with Crippen LogP contribution in [-0.4, -0.2) is 87.7 Å². The van der Waals surface area contributed by atoms with Crippen molar-refractivity contribution in [1.82, 2.24) is 49.8 Å². The van der Waals surface area contributed by atoms with Crippen LogP contribution < -0.4 is 63.1 Å². The molecule has 34 heteroatoms. The van der Waals surface area contributed by atoms with E-state index in [-0.39, 0.29) is 52.1 Å². The van der Waals surface area contributed by atoms with E-state index < -0.39 is 26.1 Å². The summed E-state index contributed by atoms with van der Waals surface area (Å²) in [4.78, 5) is 107. The zero-order valence-electron chi connectivity index (χ0n) is 44.2. The summed E-state index contributed by atoms with van der Waals surface area (Å²) in [7, 11) is 0. The molecule has 8 aromatic rings. The van der Waals surface area contributed by atoms with Gasteiger partial charge in [-0.05, 0) is 70.2 Å². The van der Waals surface area contributed by atoms with Crippen LogP contribution in [0.1, 0.15) is 50.5 Å². The molecule has 0 radical (unpaired) electrons. The van der Waals surface area contributed by atoms with E-state index in [0.29, 0.717) is 51.5 Å². The topological polar surface area (TPSA) is 613 Å². The van der Waals surface area contributed by atoms with Crippen LogP contribution in [0.3, 0.4) is 0 Å². The van der Waals surface area contributed by atoms with E-state index in [1.807, 2.05) is 33.8 Å². The van der Waals surface area contributed by atoms with Gasteiger partial charge in [0.2, 0.25) is 11.6 Å². The van der Waals surface area contributed by atoms with Gasteiger partial charge in [0.1, 0.15) is 46.3 Å². The monoisotopic (exact) mass is 1110 g/mol. The van der Waals surface area contributed by atoms with Crippen molar-refractivity contribution in [3.8, 4) is 0 Å². The summed E-state index contributed by atoms with van der Waals surface area (Å²) in [6.07, 6.45) is 3.92. The smallest absolute Gasteiger partial charge is 0.318 e. The third-order valence-corrected chi connectivity index (χ3v) is 9.27. The van der Waals surface area contributed by atoms with E-state index in [4.69, 9.17) is 63.1 Å². The third kappa shape index (κ3) is 23.2. The molecule has 0 aliphatic rings. The maximum Gasteiger partial charge on any atom is 0.318 e. The number of carbonyl (C=O) groups is 4. The van der Waals surface area contributed by atoms with E-state index in [0.717, 1.165) is 46.1 Å². The quantitative estimate of drug-likeness (QED) is 0.0670. The van der Waals surface area contributed by atoms with E-state index in [1.54, 1.807) is 36.5 Å². The highest BCUT2D eigenvalue weighted by Crippen LogP contribution is 2.23. The summed E-state index contributed by atoms with van der Waals surface area (Å²) in [5.41, 5.74) is 65.8. The molecule has 0 aliphatic carbocycles. The van der Waals surface area contributed by atoms with Gasteiger partial charge in [-0.1, -0.05) is 0 Å². The molecule has 0 aliphatic heterocycles. The van der Waals surface area contributed by atoms with Crippen LogP contribution >= 0.6 is 0 Å². The van der Waals surface area contributed by atoms with Crippen LogP contribution in [-0.2, 0) is 19.2 Å². The number of anilines is 11. The van der Waals surface area contributed by atoms with E-state index in [9.17, 15) is 49.5 Å². The Kier molecular flexibility index (Phi) is 25.9. The normalized spacial score (nSPS) is 9.55. The van der Waals surface area contributed by atoms with E-state index in [1.165, 1.54) is 46.0 Å². The number of hydrogen-bond acceptors (Lipinski definition) is 31. The van der Waals surface area contributed by atoms with Gasteiger partial charge in [0.25, 0.3) is 5.69 Å². The molecule has 0 fully saturated rings. The highest BCUT2D eigenvalue weighted by Gasteiger charge is 2.18. The van der Waals surface area contributed by atoms with Crippen LogP contribution in [0.15, 0.2) is 73.2 Å². The van der Waals surface area contributed by atoms with E-state index >= 15 is 0 Å². The number of carbonyl (C=O) groups excluding carboxylic acids is 4. The first-order valence-corrected chi connectivity index (χ1v) is 22.2. The number of ketones is 4. The lowest BCUT2D eigenvalue weighted by Crippen LogP contribution is -2.01. The predicted octanol–water partition coefficient (Wildman–Crippen LogP) is 3.07. The molecular formula is C46H58N24O10. The number of aryl methyl sites for hydroxylation is 4. The number of aromatic nitrogens is 10. The van der Waals surface area contributed by atoms with Crippen LogP contribution in [0.2, 0.25) is 0 Å². The molecule has 0 bridgehead atoms. The second kappa shape index (κ2) is 31.2. The Balaban J connectivity index is 0.000000464. The Morgan fingerprint density at radius 3 is 1.26 bits per heavy atom. The Hall–Kier alpha value is -11.7. The van der Waals surface area contributed by atoms with Gasteiger partial charge in [0, 0.05) is 33.8 Å². The lowest BCUT2D eigenvalue weighted by atomic mass is 10.3. The van der Waals surface area contributed by atoms with Gasteiger partial charge in [-0.15, -0.1) is 0 Å². The summed E-state index contributed by atoms with van der Waals surface area (Å²) < 4.78 is 0. The second-order valence-corrected chi connectivity index (χ2v) is 15.7. The number of nitrogens with zero attached hydrogens (tertiary/aromatic N) is 13. The molecule has 0 atom stereocenters. The standard InChI is InChI=1S/2C9H10N4.C5H4N4O4.C5H6N4O2.2C5H8N4.2C4H6O2/c1-5-6(2)13-9-8(12-5)3-7(10)4-11-9;1-5-6(2)12-9-7(11-5)3-4-8(10)13-9;6-5-4(9(12)13)1-3(2-7-5)8(10)11;6-4-2-1-3(9(10)11)5(7)8-4;6-3-1-4(7)5(8)9-2-3;6-3-1-2-4(7)9-5(3)8;2*1-3(5)4(2)6/h3-4H,10H2,1-2H3;3-4H,1-2H3,(H2,10,12,13);1-2H,(H2,6,7);1-2H,(H4,6,7,8);1-2H,6-7H2,(H2,8,9);1-2H,6H2,(H4,7,8,9);2*1-2H3. The van der Waals surface area contributed by atoms with Crippen molar-refractivity contribution in [1.29, 1.82) is 0 Å². The second-order valence-electron chi connectivity index (χ2n) is 15.7. The molecule has 422 valence electrons. The molecule has 34 nitrogen and oxygen atoms in total. The fraction of sp³-hybridized carbons (Fsp3) is 0.174. The average Bonchev–Trinajstić information content (AvgIpc) is 3.36. The van der Waals surface area contributed by atoms with Gasteiger partial charge in [-0.25, -0.2) is 49.8 Å². The molecule has 0 spiro atoms. The number of nitro groups is 3. The van der Waals surface area contributed by atoms with Crippen LogP contribution in [0.4, 0.5) is 80.5 Å². The number of fused-ring (bicyclic) bond motifs is 2. The van der Waals surface area contributed by atoms with Crippen molar-refractivity contribution in [2.45, 2.75) is 55.4 Å². The maximum absolute atomic E-state index is 10.3. The van der Waals surface area contributed by atoms with Crippen molar-refractivity contribution >= 4 is 126 Å². The molecule has 0 unspecified atom stereocenters. The zero-order chi connectivity index (χ0) is 61.3. The number of hydrogen-bond donors (Lipinski definition) is 11. The molecule has 80 heavy (non-hydrogen) atoms. The van der Waals surface area contributed by atoms with Gasteiger partial charge in [0.05, 0.1) is 78.8 Å². The molecule has 8 aromatic heterocycles. The third-order valence-electron chi connectivity index (χ3n) is 9.27. The fourth-order valence-electron chi connectivity index (χ4n) is 4.61. The van der Waals surface area contributed by atoms with Crippen molar-refractivity contribution in [2.24, 2.45) is 0 Å². The number of rotatable bonds is 5. The largest absolute Gasteiger partial charge is 0.397 e. The molecule has 22 N–H and O–H groups in total. The van der Waals surface area contributed by atoms with Gasteiger partial charge < -0.3 is 63.1 Å². The van der Waals surface area contributed by atoms with Crippen molar-refractivity contribution in [2.75, 3.05) is 63.1 Å². The lowest BCUT2D eigenvalue weighted by Gasteiger charge is -2.01. The van der Waals surface area contributed by atoms with Gasteiger partial charge >= 0.3 is 11.4 Å². The van der Waals surface area contributed by atoms with Crippen molar-refractivity contribution in [3.63, 3.8) is 0 Å². The first-order valence-electron chi connectivity index (χ1n) is 22.2. The van der Waals surface area contributed by atoms with Crippen LogP contribution in [0.5, 0.6) is 0 Å². The Labute approximate surface area is 453 Å². The molecule has 0 saturated carbocycles. The summed E-state index contributed by atoms with van der Waals surface area (Å²) in [6, 6.07) is 13.4. The highest BCUT2D eigenvalue weighted by molar-refractivity contribution is 6.35. The fourth-order valence-corrected chi connectivity index (χ4v) is 4.61. The molecule has 0 saturated heterocycles. The van der Waals surface area contributed by atoms with Crippen molar-refractivity contribution < 1.29 is 33.9 Å². The minimum Gasteiger partial charge on any atom is -0.397 e. The summed E-state index contributed by atoms with van der Waals surface area (Å²) in [5, 5.41) is 30.6. The molecule has 0 aromatic carbocycles. The predicted molar refractivity (Wildman–Crippen MR) is 302 cm³/mol. The maximum atomic E-state index is 10.3. The molecule has 8 heterocycles. The number of nitrogen functional groups attached to an aromatic ring is 11. The highest BCUT2D eigenvalue weighted by atomic mass is 16.6. The minimum absolute atomic E-state index is 0.157. The summed E-state index contributed by atoms with van der Waals surface area (Å²) in [6.45, 7) is 12.7. The minimum atomic E-state index is -0.824. The first kappa shape index (κ1) is 66.3. The Bertz CT molecular complexity index is 3360. The molecular weight excluding hydrogens is 1050 g/mol. The van der Waals surface area contributed by atoms with E-state index in [2.05, 4.69) is 49.8 Å². The van der Waals surface area contributed by atoms with Gasteiger partial charge in [-0.2, -0.15) is 0 Å². The van der Waals surface area contributed by atoms with Crippen LogP contribution in [0, 0.1) is 58.0 Å². The Morgan fingerprint density at radius 1 is 0.388 bits per heavy atom. The Morgan fingerprint density at radius 2 is 0.812 bits per heavy atom. The lowest BCUT2D eigenvalue weighted by molar-refractivity contribution is -0.394. The molecule has 8 rings (SSSR count). The summed E-state index contributed by atoms with van der Waals surface area (Å²) >= 11 is 0. The number of Topliss-reactive ketones (excluding diaryl/α,β-unsaturated/α-hetero) is 4. The zero-order valence-corrected chi connectivity index (χ0v) is 44.2. The molecule has 0 amide bonds. The average molecular weight is 1110 g/mol. The number of pyridine rings is 6. The summed E-state index contributed by atoms with van der Waals surface area (Å²) in [5.74, 6) is -0.361. The number of nitrogens with two attached hydrogens (primary N) is 11. The van der Waals surface area contributed by atoms with Gasteiger partial charge in [0.15, 0.2) is 34.4 Å².